The number of amides is 1. The highest BCUT2D eigenvalue weighted by atomic mass is 35.5. The molecule has 1 aromatic heterocycles. The molecule has 0 atom stereocenters. The van der Waals surface area contributed by atoms with Gasteiger partial charge in [-0.2, -0.15) is 0 Å². The van der Waals surface area contributed by atoms with Crippen LogP contribution in [0.25, 0.3) is 0 Å². The van der Waals surface area contributed by atoms with E-state index in [2.05, 4.69) is 39.9 Å². The van der Waals surface area contributed by atoms with E-state index >= 15 is 0 Å². The van der Waals surface area contributed by atoms with Gasteiger partial charge in [0.25, 0.3) is 0 Å². The molecular weight excluding hydrogens is 352 g/mol. The summed E-state index contributed by atoms with van der Waals surface area (Å²) in [6, 6.07) is 12.6. The van der Waals surface area contributed by atoms with Crippen LogP contribution in [0.5, 0.6) is 0 Å². The quantitative estimate of drug-likeness (QED) is 0.771. The van der Waals surface area contributed by atoms with Crippen LogP contribution in [0.3, 0.4) is 0 Å². The fourth-order valence-corrected chi connectivity index (χ4v) is 4.14. The van der Waals surface area contributed by atoms with Crippen molar-refractivity contribution in [3.8, 4) is 0 Å². The van der Waals surface area contributed by atoms with Gasteiger partial charge in [-0.3, -0.25) is 9.69 Å². The van der Waals surface area contributed by atoms with Crippen LogP contribution in [0, 0.1) is 0 Å². The van der Waals surface area contributed by atoms with Crippen molar-refractivity contribution in [3.63, 3.8) is 0 Å². The third-order valence-electron chi connectivity index (χ3n) is 4.68. The fourth-order valence-electron chi connectivity index (χ4n) is 3.26. The lowest BCUT2D eigenvalue weighted by Gasteiger charge is -2.32. The third-order valence-corrected chi connectivity index (χ3v) is 5.87. The second-order valence-electron chi connectivity index (χ2n) is 6.68. The van der Waals surface area contributed by atoms with E-state index < -0.39 is 0 Å². The number of aryl methyl sites for hydroxylation is 1. The van der Waals surface area contributed by atoms with Crippen molar-refractivity contribution in [1.29, 1.82) is 0 Å². The van der Waals surface area contributed by atoms with Crippen molar-refractivity contribution in [2.75, 3.05) is 13.1 Å². The van der Waals surface area contributed by atoms with Crippen LogP contribution in [0.4, 0.5) is 0 Å². The van der Waals surface area contributed by atoms with Crippen LogP contribution < -0.4 is 5.32 Å². The Morgan fingerprint density at radius 2 is 1.96 bits per heavy atom. The van der Waals surface area contributed by atoms with E-state index in [0.717, 1.165) is 50.3 Å². The predicted octanol–water partition coefficient (Wildman–Crippen LogP) is 4.51. The highest BCUT2D eigenvalue weighted by molar-refractivity contribution is 7.09. The van der Waals surface area contributed by atoms with Crippen LogP contribution in [0.15, 0.2) is 41.8 Å². The zero-order valence-corrected chi connectivity index (χ0v) is 16.0. The SMILES string of the molecule is O=C(CCCc1cccs1)NC1CCN(Cc2ccc(Cl)cc2)CC1. The van der Waals surface area contributed by atoms with Gasteiger partial charge in [0.1, 0.15) is 0 Å². The van der Waals surface area contributed by atoms with Gasteiger partial charge in [-0.05, 0) is 54.8 Å². The number of benzene rings is 1. The Kier molecular flexibility index (Phi) is 6.91. The maximum atomic E-state index is 12.1. The number of halogens is 1. The first-order valence-electron chi connectivity index (χ1n) is 8.97. The predicted molar refractivity (Wildman–Crippen MR) is 105 cm³/mol. The number of rotatable bonds is 7. The second-order valence-corrected chi connectivity index (χ2v) is 8.15. The summed E-state index contributed by atoms with van der Waals surface area (Å²) in [7, 11) is 0. The standard InChI is InChI=1S/C20H25ClN2OS/c21-17-8-6-16(7-9-17)15-23-12-10-18(11-13-23)22-20(24)5-1-3-19-4-2-14-25-19/h2,4,6-9,14,18H,1,3,5,10-13,15H2,(H,22,24). The minimum Gasteiger partial charge on any atom is -0.353 e. The molecule has 0 spiro atoms. The molecule has 1 N–H and O–H groups in total. The molecule has 25 heavy (non-hydrogen) atoms. The lowest BCUT2D eigenvalue weighted by atomic mass is 10.0. The van der Waals surface area contributed by atoms with Crippen LogP contribution in [0.1, 0.15) is 36.1 Å². The number of nitrogens with zero attached hydrogens (tertiary/aromatic N) is 1. The average molecular weight is 377 g/mol. The molecule has 0 bridgehead atoms. The number of thiophene rings is 1. The largest absolute Gasteiger partial charge is 0.353 e. The Hall–Kier alpha value is -1.36. The van der Waals surface area contributed by atoms with Gasteiger partial charge in [-0.25, -0.2) is 0 Å². The Labute approximate surface area is 159 Å². The molecule has 3 rings (SSSR count). The van der Waals surface area contributed by atoms with Gasteiger partial charge < -0.3 is 5.32 Å². The third kappa shape index (κ3) is 6.14. The van der Waals surface area contributed by atoms with Gasteiger partial charge in [-0.1, -0.05) is 29.8 Å². The second kappa shape index (κ2) is 9.37. The lowest BCUT2D eigenvalue weighted by molar-refractivity contribution is -0.122. The summed E-state index contributed by atoms with van der Waals surface area (Å²) >= 11 is 7.70. The highest BCUT2D eigenvalue weighted by Crippen LogP contribution is 2.16. The van der Waals surface area contributed by atoms with E-state index in [1.807, 2.05) is 12.1 Å². The first-order chi connectivity index (χ1) is 12.2. The van der Waals surface area contributed by atoms with E-state index in [9.17, 15) is 4.79 Å². The molecule has 1 aliphatic rings. The van der Waals surface area contributed by atoms with E-state index in [1.54, 1.807) is 11.3 Å². The normalized spacial score (nSPS) is 16.0. The Morgan fingerprint density at radius 1 is 1.20 bits per heavy atom. The van der Waals surface area contributed by atoms with Crippen LogP contribution >= 0.6 is 22.9 Å². The fraction of sp³-hybridized carbons (Fsp3) is 0.450. The maximum Gasteiger partial charge on any atom is 0.220 e. The van der Waals surface area contributed by atoms with Crippen LogP contribution in [-0.4, -0.2) is 29.9 Å². The topological polar surface area (TPSA) is 32.3 Å². The molecule has 3 nitrogen and oxygen atoms in total. The molecule has 2 heterocycles. The lowest BCUT2D eigenvalue weighted by Crippen LogP contribution is -2.44. The average Bonchev–Trinajstić information content (AvgIpc) is 3.12. The number of carbonyl (C=O) groups excluding carboxylic acids is 1. The monoisotopic (exact) mass is 376 g/mol. The number of nitrogens with one attached hydrogen (secondary N) is 1. The summed E-state index contributed by atoms with van der Waals surface area (Å²) in [5, 5.41) is 6.08. The van der Waals surface area contributed by atoms with Crippen LogP contribution in [-0.2, 0) is 17.8 Å². The summed E-state index contributed by atoms with van der Waals surface area (Å²) in [6.45, 7) is 3.02. The number of likely N-dealkylation sites (tertiary alicyclic amines) is 1. The molecule has 1 aliphatic heterocycles. The van der Waals surface area contributed by atoms with Crippen LogP contribution in [0.2, 0.25) is 5.02 Å². The summed E-state index contributed by atoms with van der Waals surface area (Å²) in [4.78, 5) is 15.9. The van der Waals surface area contributed by atoms with Crippen molar-refractivity contribution in [2.45, 2.75) is 44.7 Å². The zero-order valence-electron chi connectivity index (χ0n) is 14.4. The molecule has 1 aromatic carbocycles. The maximum absolute atomic E-state index is 12.1. The molecular formula is C20H25ClN2OS. The molecule has 1 saturated heterocycles. The summed E-state index contributed by atoms with van der Waals surface area (Å²) in [5.74, 6) is 0.202. The summed E-state index contributed by atoms with van der Waals surface area (Å²) in [5.41, 5.74) is 1.29. The Morgan fingerprint density at radius 3 is 2.64 bits per heavy atom. The summed E-state index contributed by atoms with van der Waals surface area (Å²) < 4.78 is 0. The first kappa shape index (κ1) is 18.4. The highest BCUT2D eigenvalue weighted by Gasteiger charge is 2.20. The number of carbonyl (C=O) groups is 1. The molecule has 0 radical (unpaired) electrons. The van der Waals surface area contributed by atoms with Crippen molar-refractivity contribution < 1.29 is 4.79 Å². The van der Waals surface area contributed by atoms with E-state index in [0.29, 0.717) is 12.5 Å². The molecule has 0 unspecified atom stereocenters. The zero-order chi connectivity index (χ0) is 17.5. The summed E-state index contributed by atoms with van der Waals surface area (Å²) in [6.07, 6.45) is 4.63. The molecule has 2 aromatic rings. The number of piperidine rings is 1. The van der Waals surface area contributed by atoms with Gasteiger partial charge in [0.05, 0.1) is 0 Å². The first-order valence-corrected chi connectivity index (χ1v) is 10.2. The number of hydrogen-bond acceptors (Lipinski definition) is 3. The van der Waals surface area contributed by atoms with Crippen molar-refractivity contribution in [3.05, 3.63) is 57.2 Å². The smallest absolute Gasteiger partial charge is 0.220 e. The van der Waals surface area contributed by atoms with E-state index in [4.69, 9.17) is 11.6 Å². The van der Waals surface area contributed by atoms with Crippen molar-refractivity contribution >= 4 is 28.8 Å². The van der Waals surface area contributed by atoms with Gasteiger partial charge >= 0.3 is 0 Å². The van der Waals surface area contributed by atoms with Gasteiger partial charge in [0.2, 0.25) is 5.91 Å². The molecule has 134 valence electrons. The molecule has 1 amide bonds. The molecule has 5 heteroatoms. The van der Waals surface area contributed by atoms with Crippen molar-refractivity contribution in [2.24, 2.45) is 0 Å². The molecule has 1 fully saturated rings. The van der Waals surface area contributed by atoms with E-state index in [1.165, 1.54) is 10.4 Å². The van der Waals surface area contributed by atoms with E-state index in [-0.39, 0.29) is 5.91 Å². The minimum absolute atomic E-state index is 0.202. The molecule has 0 aliphatic carbocycles. The number of hydrogen-bond donors (Lipinski definition) is 1. The minimum atomic E-state index is 0.202. The molecule has 0 saturated carbocycles. The Bertz CT molecular complexity index is 649. The van der Waals surface area contributed by atoms with Gasteiger partial charge in [0, 0.05) is 42.0 Å². The van der Waals surface area contributed by atoms with Gasteiger partial charge in [-0.15, -0.1) is 11.3 Å². The Balaban J connectivity index is 1.33. The van der Waals surface area contributed by atoms with Crippen molar-refractivity contribution in [1.82, 2.24) is 10.2 Å². The van der Waals surface area contributed by atoms with Gasteiger partial charge in [0.15, 0.2) is 0 Å².